The molecule has 134 valence electrons. The summed E-state index contributed by atoms with van der Waals surface area (Å²) >= 11 is 0. The maximum atomic E-state index is 4.86. The summed E-state index contributed by atoms with van der Waals surface area (Å²) in [5.74, 6) is 0.706. The third kappa shape index (κ3) is 2.66. The van der Waals surface area contributed by atoms with Gasteiger partial charge < -0.3 is 0 Å². The lowest BCUT2D eigenvalue weighted by Crippen LogP contribution is -2.17. The Morgan fingerprint density at radius 3 is 2.42 bits per heavy atom. The van der Waals surface area contributed by atoms with Crippen LogP contribution in [-0.4, -0.2) is 29.2 Å². The van der Waals surface area contributed by atoms with Gasteiger partial charge in [0.2, 0.25) is 0 Å². The van der Waals surface area contributed by atoms with E-state index in [1.165, 1.54) is 5.56 Å². The Bertz CT molecular complexity index is 1100. The van der Waals surface area contributed by atoms with Gasteiger partial charge in [0, 0.05) is 22.7 Å². The molecule has 0 aliphatic rings. The molecule has 0 aromatic carbocycles. The molecule has 4 aromatic heterocycles. The van der Waals surface area contributed by atoms with Crippen molar-refractivity contribution >= 4 is 11.3 Å². The Kier molecular flexibility index (Phi) is 3.45. The van der Waals surface area contributed by atoms with E-state index in [9.17, 15) is 0 Å². The molecule has 4 aromatic rings. The number of aromatic nitrogens is 6. The number of nitrogens with zero attached hydrogens (tertiary/aromatic N) is 6. The maximum Gasteiger partial charge on any atom is 0.182 e. The first-order valence-electron chi connectivity index (χ1n) is 8.85. The van der Waals surface area contributed by atoms with E-state index >= 15 is 0 Å². The topological polar surface area (TPSA) is 60.4 Å². The maximum absolute atomic E-state index is 4.86. The number of fused-ring (bicyclic) bond motifs is 2. The Morgan fingerprint density at radius 2 is 1.73 bits per heavy atom. The minimum Gasteiger partial charge on any atom is -0.220 e. The second-order valence-electron chi connectivity index (χ2n) is 8.78. The van der Waals surface area contributed by atoms with Gasteiger partial charge in [-0.3, -0.25) is 0 Å². The van der Waals surface area contributed by atoms with Gasteiger partial charge in [-0.15, -0.1) is 5.10 Å². The highest BCUT2D eigenvalue weighted by Crippen LogP contribution is 2.30. The number of rotatable bonds is 1. The molecule has 0 spiro atoms. The van der Waals surface area contributed by atoms with Crippen molar-refractivity contribution in [2.24, 2.45) is 0 Å². The number of pyridine rings is 2. The zero-order chi connectivity index (χ0) is 18.7. The van der Waals surface area contributed by atoms with E-state index < -0.39 is 0 Å². The molecule has 6 heteroatoms. The highest BCUT2D eigenvalue weighted by molar-refractivity contribution is 5.65. The molecule has 0 radical (unpaired) electrons. The molecule has 0 amide bonds. The highest BCUT2D eigenvalue weighted by Gasteiger charge is 2.23. The molecule has 4 heterocycles. The van der Waals surface area contributed by atoms with E-state index in [-0.39, 0.29) is 10.8 Å². The molecule has 26 heavy (non-hydrogen) atoms. The summed E-state index contributed by atoms with van der Waals surface area (Å²) in [5.41, 5.74) is 4.85. The summed E-state index contributed by atoms with van der Waals surface area (Å²) in [6, 6.07) is 8.26. The molecule has 0 N–H and O–H groups in total. The molecule has 0 aliphatic carbocycles. The average molecular weight is 348 g/mol. The van der Waals surface area contributed by atoms with Crippen LogP contribution < -0.4 is 0 Å². The minimum atomic E-state index is -0.0717. The fraction of sp³-hybridized carbons (Fsp3) is 0.400. The average Bonchev–Trinajstić information content (AvgIpc) is 3.17. The monoisotopic (exact) mass is 348 g/mol. The summed E-state index contributed by atoms with van der Waals surface area (Å²) in [6.45, 7) is 13.1. The Morgan fingerprint density at radius 1 is 0.962 bits per heavy atom. The molecule has 0 bridgehead atoms. The van der Waals surface area contributed by atoms with Crippen LogP contribution in [0.3, 0.4) is 0 Å². The van der Waals surface area contributed by atoms with E-state index in [0.29, 0.717) is 5.82 Å². The van der Waals surface area contributed by atoms with Gasteiger partial charge in [-0.1, -0.05) is 47.6 Å². The molecule has 0 saturated carbocycles. The van der Waals surface area contributed by atoms with E-state index in [4.69, 9.17) is 10.1 Å². The zero-order valence-electron chi connectivity index (χ0n) is 16.1. The first-order chi connectivity index (χ1) is 12.1. The van der Waals surface area contributed by atoms with Crippen LogP contribution in [-0.2, 0) is 10.8 Å². The molecule has 6 nitrogen and oxygen atoms in total. The first-order valence-corrected chi connectivity index (χ1v) is 8.85. The van der Waals surface area contributed by atoms with Crippen LogP contribution in [0.15, 0.2) is 36.8 Å². The van der Waals surface area contributed by atoms with Crippen LogP contribution in [0, 0.1) is 0 Å². The van der Waals surface area contributed by atoms with Crippen LogP contribution in [0.4, 0.5) is 0 Å². The predicted octanol–water partition coefficient (Wildman–Crippen LogP) is 4.03. The van der Waals surface area contributed by atoms with E-state index in [0.717, 1.165) is 22.6 Å². The van der Waals surface area contributed by atoms with Crippen molar-refractivity contribution in [2.45, 2.75) is 52.4 Å². The van der Waals surface area contributed by atoms with Gasteiger partial charge in [0.25, 0.3) is 0 Å². The van der Waals surface area contributed by atoms with Crippen LogP contribution in [0.25, 0.3) is 22.7 Å². The molecular formula is C20H24N6. The van der Waals surface area contributed by atoms with Crippen molar-refractivity contribution in [3.05, 3.63) is 48.0 Å². The van der Waals surface area contributed by atoms with Crippen LogP contribution in [0.2, 0.25) is 0 Å². The van der Waals surface area contributed by atoms with Gasteiger partial charge in [0.1, 0.15) is 6.33 Å². The standard InChI is InChI=1S/C20H24N6/c1-19(2,3)14-8-7-9-25-18(14)23-17(24-25)13-10-15(20(4,5)6)26-16(11-13)21-12-22-26/h7-12H,1-6H3. The van der Waals surface area contributed by atoms with Crippen LogP contribution >= 0.6 is 0 Å². The number of hydrogen-bond acceptors (Lipinski definition) is 4. The molecular weight excluding hydrogens is 324 g/mol. The van der Waals surface area contributed by atoms with Crippen LogP contribution in [0.5, 0.6) is 0 Å². The normalized spacial score (nSPS) is 13.0. The number of hydrogen-bond donors (Lipinski definition) is 0. The van der Waals surface area contributed by atoms with Crippen molar-refractivity contribution in [1.82, 2.24) is 29.2 Å². The van der Waals surface area contributed by atoms with Crippen molar-refractivity contribution < 1.29 is 0 Å². The summed E-state index contributed by atoms with van der Waals surface area (Å²) in [7, 11) is 0. The SMILES string of the molecule is CC(C)(C)c1cccn2nc(-c3cc(C(C)(C)C)n4ncnc4c3)nc12. The molecule has 0 unspecified atom stereocenters. The lowest BCUT2D eigenvalue weighted by atomic mass is 9.88. The highest BCUT2D eigenvalue weighted by atomic mass is 15.3. The third-order valence-electron chi connectivity index (χ3n) is 4.58. The fourth-order valence-electron chi connectivity index (χ4n) is 3.20. The Labute approximate surface area is 152 Å². The lowest BCUT2D eigenvalue weighted by Gasteiger charge is -2.20. The summed E-state index contributed by atoms with van der Waals surface area (Å²) in [5, 5.41) is 9.09. The van der Waals surface area contributed by atoms with Gasteiger partial charge in [-0.25, -0.2) is 19.0 Å². The van der Waals surface area contributed by atoms with Crippen molar-refractivity contribution in [3.8, 4) is 11.4 Å². The Hall–Kier alpha value is -2.76. The van der Waals surface area contributed by atoms with Crippen molar-refractivity contribution in [1.29, 1.82) is 0 Å². The van der Waals surface area contributed by atoms with Crippen molar-refractivity contribution in [3.63, 3.8) is 0 Å². The van der Waals surface area contributed by atoms with Gasteiger partial charge >= 0.3 is 0 Å². The zero-order valence-corrected chi connectivity index (χ0v) is 16.1. The van der Waals surface area contributed by atoms with Gasteiger partial charge in [-0.2, -0.15) is 5.10 Å². The second kappa shape index (κ2) is 5.37. The third-order valence-corrected chi connectivity index (χ3v) is 4.58. The molecule has 0 saturated heterocycles. The largest absolute Gasteiger partial charge is 0.220 e. The van der Waals surface area contributed by atoms with Gasteiger partial charge in [0.15, 0.2) is 17.1 Å². The van der Waals surface area contributed by atoms with Crippen molar-refractivity contribution in [2.75, 3.05) is 0 Å². The van der Waals surface area contributed by atoms with Gasteiger partial charge in [-0.05, 0) is 23.6 Å². The van der Waals surface area contributed by atoms with E-state index in [1.54, 1.807) is 6.33 Å². The second-order valence-corrected chi connectivity index (χ2v) is 8.78. The minimum absolute atomic E-state index is 0.000341. The molecule has 0 aliphatic heterocycles. The first kappa shape index (κ1) is 16.7. The molecule has 4 rings (SSSR count). The fourth-order valence-corrected chi connectivity index (χ4v) is 3.20. The summed E-state index contributed by atoms with van der Waals surface area (Å²) in [4.78, 5) is 9.24. The summed E-state index contributed by atoms with van der Waals surface area (Å²) in [6.07, 6.45) is 3.53. The van der Waals surface area contributed by atoms with Gasteiger partial charge in [0.05, 0.1) is 5.69 Å². The molecule has 0 fully saturated rings. The Balaban J connectivity index is 1.96. The quantitative estimate of drug-likeness (QED) is 0.521. The van der Waals surface area contributed by atoms with E-state index in [1.807, 2.05) is 27.4 Å². The lowest BCUT2D eigenvalue weighted by molar-refractivity contribution is 0.549. The summed E-state index contributed by atoms with van der Waals surface area (Å²) < 4.78 is 3.75. The molecule has 0 atom stereocenters. The smallest absolute Gasteiger partial charge is 0.182 e. The predicted molar refractivity (Wildman–Crippen MR) is 102 cm³/mol. The van der Waals surface area contributed by atoms with E-state index in [2.05, 4.69) is 63.8 Å². The van der Waals surface area contributed by atoms with Crippen LogP contribution in [0.1, 0.15) is 52.8 Å².